The number of aryl methyl sites for hydroxylation is 2. The van der Waals surface area contributed by atoms with E-state index in [0.29, 0.717) is 6.42 Å². The third-order valence-corrected chi connectivity index (χ3v) is 4.40. The van der Waals surface area contributed by atoms with Crippen LogP contribution >= 0.6 is 0 Å². The van der Waals surface area contributed by atoms with Gasteiger partial charge >= 0.3 is 0 Å². The summed E-state index contributed by atoms with van der Waals surface area (Å²) < 4.78 is 10.9. The van der Waals surface area contributed by atoms with E-state index in [1.165, 1.54) is 11.1 Å². The van der Waals surface area contributed by atoms with Gasteiger partial charge in [-0.1, -0.05) is 38.1 Å². The van der Waals surface area contributed by atoms with Crippen molar-refractivity contribution in [2.75, 3.05) is 14.2 Å². The molecular weight excluding hydrogens is 298 g/mol. The molecule has 0 saturated carbocycles. The fourth-order valence-corrected chi connectivity index (χ4v) is 2.97. The van der Waals surface area contributed by atoms with E-state index in [0.717, 1.165) is 35.5 Å². The van der Waals surface area contributed by atoms with E-state index in [4.69, 9.17) is 9.47 Å². The van der Waals surface area contributed by atoms with Gasteiger partial charge in [-0.3, -0.25) is 0 Å². The molecule has 1 unspecified atom stereocenters. The van der Waals surface area contributed by atoms with Crippen LogP contribution in [0.1, 0.15) is 42.0 Å². The molecule has 0 aliphatic carbocycles. The molecule has 2 aromatic rings. The molecule has 126 valence electrons. The number of rotatable bonds is 7. The second-order valence-electron chi connectivity index (χ2n) is 5.82. The lowest BCUT2D eigenvalue weighted by molar-refractivity contribution is 0.407. The first-order valence-electron chi connectivity index (χ1n) is 8.38. The van der Waals surface area contributed by atoms with Crippen LogP contribution in [0.3, 0.4) is 0 Å². The van der Waals surface area contributed by atoms with E-state index in [9.17, 15) is 5.26 Å². The van der Waals surface area contributed by atoms with Gasteiger partial charge in [-0.15, -0.1) is 0 Å². The molecule has 0 spiro atoms. The minimum Gasteiger partial charge on any atom is -0.496 e. The number of hydrogen-bond acceptors (Lipinski definition) is 3. The van der Waals surface area contributed by atoms with Crippen LogP contribution in [-0.4, -0.2) is 14.2 Å². The Morgan fingerprint density at radius 3 is 2.17 bits per heavy atom. The van der Waals surface area contributed by atoms with Gasteiger partial charge in [-0.25, -0.2) is 0 Å². The zero-order chi connectivity index (χ0) is 17.5. The summed E-state index contributed by atoms with van der Waals surface area (Å²) in [4.78, 5) is 0. The molecule has 3 nitrogen and oxygen atoms in total. The summed E-state index contributed by atoms with van der Waals surface area (Å²) in [6, 6.07) is 14.7. The lowest BCUT2D eigenvalue weighted by atomic mass is 9.90. The zero-order valence-corrected chi connectivity index (χ0v) is 14.9. The molecule has 24 heavy (non-hydrogen) atoms. The minimum absolute atomic E-state index is 0.232. The highest BCUT2D eigenvalue weighted by atomic mass is 16.5. The Kier molecular flexibility index (Phi) is 6.26. The lowest BCUT2D eigenvalue weighted by Crippen LogP contribution is -2.05. The van der Waals surface area contributed by atoms with Crippen LogP contribution in [0.15, 0.2) is 36.4 Å². The largest absolute Gasteiger partial charge is 0.496 e. The summed E-state index contributed by atoms with van der Waals surface area (Å²) in [5.74, 6) is 1.45. The SMILES string of the molecule is CCc1ccc(OC)c(C(C#N)Cc2ccc(OC)c(CC)c2)c1. The molecule has 1 atom stereocenters. The average molecular weight is 323 g/mol. The smallest absolute Gasteiger partial charge is 0.123 e. The van der Waals surface area contributed by atoms with Crippen molar-refractivity contribution < 1.29 is 9.47 Å². The van der Waals surface area contributed by atoms with Crippen molar-refractivity contribution in [1.29, 1.82) is 5.26 Å². The van der Waals surface area contributed by atoms with Crippen molar-refractivity contribution in [3.05, 3.63) is 58.7 Å². The Morgan fingerprint density at radius 1 is 0.917 bits per heavy atom. The number of hydrogen-bond donors (Lipinski definition) is 0. The normalized spacial score (nSPS) is 11.6. The van der Waals surface area contributed by atoms with Gasteiger partial charge in [0.25, 0.3) is 0 Å². The van der Waals surface area contributed by atoms with Crippen LogP contribution in [0.2, 0.25) is 0 Å². The van der Waals surface area contributed by atoms with Crippen molar-refractivity contribution in [3.8, 4) is 17.6 Å². The van der Waals surface area contributed by atoms with Gasteiger partial charge in [0.15, 0.2) is 0 Å². The number of ether oxygens (including phenoxy) is 2. The molecule has 0 fully saturated rings. The van der Waals surface area contributed by atoms with Crippen molar-refractivity contribution in [2.45, 2.75) is 39.0 Å². The Morgan fingerprint density at radius 2 is 1.58 bits per heavy atom. The summed E-state index contributed by atoms with van der Waals surface area (Å²) in [6.07, 6.45) is 2.51. The van der Waals surface area contributed by atoms with Gasteiger partial charge in [-0.05, 0) is 48.1 Å². The highest BCUT2D eigenvalue weighted by molar-refractivity contribution is 5.44. The molecule has 0 N–H and O–H groups in total. The fraction of sp³-hybridized carbons (Fsp3) is 0.381. The van der Waals surface area contributed by atoms with Gasteiger partial charge < -0.3 is 9.47 Å². The highest BCUT2D eigenvalue weighted by Gasteiger charge is 2.17. The van der Waals surface area contributed by atoms with E-state index in [-0.39, 0.29) is 5.92 Å². The summed E-state index contributed by atoms with van der Waals surface area (Å²) in [7, 11) is 3.34. The maximum atomic E-state index is 9.72. The summed E-state index contributed by atoms with van der Waals surface area (Å²) >= 11 is 0. The standard InChI is InChI=1S/C21H25NO2/c1-5-15-7-10-21(24-4)19(13-15)18(14-22)12-16-8-9-20(23-3)17(6-2)11-16/h7-11,13,18H,5-6,12H2,1-4H3. The second kappa shape index (κ2) is 8.40. The van der Waals surface area contributed by atoms with Crippen molar-refractivity contribution in [1.82, 2.24) is 0 Å². The van der Waals surface area contributed by atoms with Gasteiger partial charge in [0.2, 0.25) is 0 Å². The molecule has 0 aliphatic heterocycles. The van der Waals surface area contributed by atoms with Crippen LogP contribution in [-0.2, 0) is 19.3 Å². The molecule has 0 radical (unpaired) electrons. The molecule has 3 heteroatoms. The molecule has 0 saturated heterocycles. The maximum Gasteiger partial charge on any atom is 0.123 e. The first kappa shape index (κ1) is 17.9. The first-order valence-corrected chi connectivity index (χ1v) is 8.38. The zero-order valence-electron chi connectivity index (χ0n) is 14.9. The van der Waals surface area contributed by atoms with Gasteiger partial charge in [0, 0.05) is 5.56 Å². The summed E-state index contributed by atoms with van der Waals surface area (Å²) in [5, 5.41) is 9.72. The van der Waals surface area contributed by atoms with E-state index >= 15 is 0 Å². The van der Waals surface area contributed by atoms with E-state index in [2.05, 4.69) is 38.1 Å². The van der Waals surface area contributed by atoms with Crippen LogP contribution < -0.4 is 9.47 Å². The van der Waals surface area contributed by atoms with Crippen LogP contribution in [0.25, 0.3) is 0 Å². The minimum atomic E-state index is -0.232. The quantitative estimate of drug-likeness (QED) is 0.743. The third-order valence-electron chi connectivity index (χ3n) is 4.40. The van der Waals surface area contributed by atoms with Gasteiger partial charge in [0.05, 0.1) is 26.2 Å². The molecule has 0 bridgehead atoms. The molecular formula is C21H25NO2. The van der Waals surface area contributed by atoms with Gasteiger partial charge in [-0.2, -0.15) is 5.26 Å². The number of benzene rings is 2. The third kappa shape index (κ3) is 3.89. The maximum absolute atomic E-state index is 9.72. The van der Waals surface area contributed by atoms with Crippen molar-refractivity contribution in [3.63, 3.8) is 0 Å². The second-order valence-corrected chi connectivity index (χ2v) is 5.82. The summed E-state index contributed by atoms with van der Waals surface area (Å²) in [5.41, 5.74) is 4.49. The lowest BCUT2D eigenvalue weighted by Gasteiger charge is -2.16. The molecule has 2 aromatic carbocycles. The first-order chi connectivity index (χ1) is 11.7. The number of nitriles is 1. The molecule has 0 aliphatic rings. The predicted octanol–water partition coefficient (Wildman–Crippen LogP) is 4.68. The number of methoxy groups -OCH3 is 2. The van der Waals surface area contributed by atoms with Gasteiger partial charge in [0.1, 0.15) is 11.5 Å². The van der Waals surface area contributed by atoms with Crippen molar-refractivity contribution in [2.24, 2.45) is 0 Å². The van der Waals surface area contributed by atoms with Crippen LogP contribution in [0.4, 0.5) is 0 Å². The summed E-state index contributed by atoms with van der Waals surface area (Å²) in [6.45, 7) is 4.22. The Labute approximate surface area is 144 Å². The monoisotopic (exact) mass is 323 g/mol. The Hall–Kier alpha value is -2.47. The Balaban J connectivity index is 2.35. The van der Waals surface area contributed by atoms with Crippen molar-refractivity contribution >= 4 is 0 Å². The van der Waals surface area contributed by atoms with Crippen LogP contribution in [0, 0.1) is 11.3 Å². The molecule has 0 aromatic heterocycles. The fourth-order valence-electron chi connectivity index (χ4n) is 2.97. The van der Waals surface area contributed by atoms with E-state index in [1.54, 1.807) is 14.2 Å². The predicted molar refractivity (Wildman–Crippen MR) is 96.8 cm³/mol. The van der Waals surface area contributed by atoms with E-state index < -0.39 is 0 Å². The Bertz CT molecular complexity index is 731. The highest BCUT2D eigenvalue weighted by Crippen LogP contribution is 2.31. The molecule has 0 amide bonds. The molecule has 0 heterocycles. The number of nitrogens with zero attached hydrogens (tertiary/aromatic N) is 1. The molecule has 2 rings (SSSR count). The average Bonchev–Trinajstić information content (AvgIpc) is 2.65. The topological polar surface area (TPSA) is 42.2 Å². The van der Waals surface area contributed by atoms with E-state index in [1.807, 2.05) is 18.2 Å². The van der Waals surface area contributed by atoms with Crippen LogP contribution in [0.5, 0.6) is 11.5 Å².